The van der Waals surface area contributed by atoms with Gasteiger partial charge in [0.15, 0.2) is 0 Å². The molecule has 3 rings (SSSR count). The van der Waals surface area contributed by atoms with Crippen LogP contribution in [0.1, 0.15) is 30.6 Å². The van der Waals surface area contributed by atoms with E-state index in [2.05, 4.69) is 17.3 Å². The highest BCUT2D eigenvalue weighted by atomic mass is 35.5. The molecule has 1 aromatic heterocycles. The van der Waals surface area contributed by atoms with Crippen molar-refractivity contribution in [2.75, 3.05) is 11.9 Å². The van der Waals surface area contributed by atoms with E-state index in [9.17, 15) is 0 Å². The van der Waals surface area contributed by atoms with Crippen molar-refractivity contribution in [3.63, 3.8) is 0 Å². The van der Waals surface area contributed by atoms with Crippen LogP contribution in [0.2, 0.25) is 10.0 Å². The molecule has 2 heterocycles. The standard InChI is InChI=1S/C15H17Cl2N3O/c1-3-12-14(8-20(2)19-12)18-13-4-5-21-15-10(13)6-9(16)7-11(15)17/h6-8,13,18H,3-5H2,1-2H3. The van der Waals surface area contributed by atoms with Crippen molar-refractivity contribution in [1.82, 2.24) is 9.78 Å². The molecular weight excluding hydrogens is 309 g/mol. The van der Waals surface area contributed by atoms with E-state index >= 15 is 0 Å². The minimum atomic E-state index is 0.124. The van der Waals surface area contributed by atoms with Crippen LogP contribution in [-0.4, -0.2) is 16.4 Å². The second kappa shape index (κ2) is 5.78. The molecule has 6 heteroatoms. The second-order valence-electron chi connectivity index (χ2n) is 5.16. The van der Waals surface area contributed by atoms with E-state index in [-0.39, 0.29) is 6.04 Å². The van der Waals surface area contributed by atoms with Crippen LogP contribution in [0.25, 0.3) is 0 Å². The van der Waals surface area contributed by atoms with Crippen molar-refractivity contribution in [1.29, 1.82) is 0 Å². The molecule has 0 radical (unpaired) electrons. The van der Waals surface area contributed by atoms with E-state index in [1.807, 2.05) is 24.0 Å². The number of nitrogens with one attached hydrogen (secondary N) is 1. The smallest absolute Gasteiger partial charge is 0.143 e. The van der Waals surface area contributed by atoms with Gasteiger partial charge in [-0.05, 0) is 18.6 Å². The van der Waals surface area contributed by atoms with Gasteiger partial charge in [-0.1, -0.05) is 30.1 Å². The number of ether oxygens (including phenoxy) is 1. The van der Waals surface area contributed by atoms with Gasteiger partial charge in [-0.3, -0.25) is 4.68 Å². The molecule has 1 atom stereocenters. The fraction of sp³-hybridized carbons (Fsp3) is 0.400. The molecule has 1 unspecified atom stereocenters. The Morgan fingerprint density at radius 3 is 3.00 bits per heavy atom. The van der Waals surface area contributed by atoms with Crippen LogP contribution in [0, 0.1) is 0 Å². The Morgan fingerprint density at radius 1 is 1.43 bits per heavy atom. The van der Waals surface area contributed by atoms with Crippen LogP contribution in [-0.2, 0) is 13.5 Å². The molecule has 0 saturated heterocycles. The second-order valence-corrected chi connectivity index (χ2v) is 6.00. The third kappa shape index (κ3) is 2.83. The number of aromatic nitrogens is 2. The molecule has 0 bridgehead atoms. The molecular formula is C15H17Cl2N3O. The summed E-state index contributed by atoms with van der Waals surface area (Å²) < 4.78 is 7.51. The van der Waals surface area contributed by atoms with Gasteiger partial charge >= 0.3 is 0 Å². The van der Waals surface area contributed by atoms with Crippen molar-refractivity contribution >= 4 is 28.9 Å². The Hall–Kier alpha value is -1.39. The SMILES string of the molecule is CCc1nn(C)cc1NC1CCOc2c(Cl)cc(Cl)cc21. The van der Waals surface area contributed by atoms with Gasteiger partial charge < -0.3 is 10.1 Å². The van der Waals surface area contributed by atoms with Gasteiger partial charge in [0.1, 0.15) is 5.75 Å². The van der Waals surface area contributed by atoms with Crippen LogP contribution in [0.15, 0.2) is 18.3 Å². The number of hydrogen-bond donors (Lipinski definition) is 1. The molecule has 0 amide bonds. The summed E-state index contributed by atoms with van der Waals surface area (Å²) in [6.07, 6.45) is 3.75. The van der Waals surface area contributed by atoms with Crippen LogP contribution < -0.4 is 10.1 Å². The van der Waals surface area contributed by atoms with E-state index < -0.39 is 0 Å². The number of anilines is 1. The topological polar surface area (TPSA) is 39.1 Å². The Labute approximate surface area is 134 Å². The average Bonchev–Trinajstić information content (AvgIpc) is 2.79. The minimum Gasteiger partial charge on any atom is -0.492 e. The molecule has 2 aromatic rings. The number of rotatable bonds is 3. The Balaban J connectivity index is 1.95. The zero-order valence-corrected chi connectivity index (χ0v) is 13.5. The van der Waals surface area contributed by atoms with Crippen LogP contribution >= 0.6 is 23.2 Å². The molecule has 1 aromatic carbocycles. The van der Waals surface area contributed by atoms with Crippen molar-refractivity contribution in [2.24, 2.45) is 7.05 Å². The molecule has 21 heavy (non-hydrogen) atoms. The van der Waals surface area contributed by atoms with E-state index in [4.69, 9.17) is 27.9 Å². The molecule has 1 aliphatic rings. The Kier molecular flexibility index (Phi) is 4.00. The van der Waals surface area contributed by atoms with Gasteiger partial charge in [0.2, 0.25) is 0 Å². The minimum absolute atomic E-state index is 0.124. The van der Waals surface area contributed by atoms with Gasteiger partial charge in [-0.15, -0.1) is 0 Å². The van der Waals surface area contributed by atoms with Gasteiger partial charge in [-0.2, -0.15) is 5.10 Å². The van der Waals surface area contributed by atoms with Gasteiger partial charge in [-0.25, -0.2) is 0 Å². The summed E-state index contributed by atoms with van der Waals surface area (Å²) in [7, 11) is 1.93. The van der Waals surface area contributed by atoms with Crippen LogP contribution in [0.3, 0.4) is 0 Å². The number of hydrogen-bond acceptors (Lipinski definition) is 3. The highest BCUT2D eigenvalue weighted by molar-refractivity contribution is 6.35. The lowest BCUT2D eigenvalue weighted by Crippen LogP contribution is -2.21. The third-order valence-electron chi connectivity index (χ3n) is 3.64. The van der Waals surface area contributed by atoms with Crippen molar-refractivity contribution in [3.8, 4) is 5.75 Å². The lowest BCUT2D eigenvalue weighted by atomic mass is 10.00. The lowest BCUT2D eigenvalue weighted by Gasteiger charge is -2.28. The largest absolute Gasteiger partial charge is 0.492 e. The van der Waals surface area contributed by atoms with E-state index in [1.165, 1.54) is 0 Å². The predicted octanol–water partition coefficient (Wildman–Crippen LogP) is 4.23. The molecule has 4 nitrogen and oxygen atoms in total. The summed E-state index contributed by atoms with van der Waals surface area (Å²) in [5, 5.41) is 9.19. The lowest BCUT2D eigenvalue weighted by molar-refractivity contribution is 0.274. The molecule has 0 saturated carbocycles. The van der Waals surface area contributed by atoms with E-state index in [0.717, 1.165) is 35.5 Å². The maximum absolute atomic E-state index is 6.22. The normalized spacial score (nSPS) is 17.2. The number of nitrogens with zero attached hydrogens (tertiary/aromatic N) is 2. The summed E-state index contributed by atoms with van der Waals surface area (Å²) in [6, 6.07) is 3.76. The summed E-state index contributed by atoms with van der Waals surface area (Å²) in [6.45, 7) is 2.73. The van der Waals surface area contributed by atoms with Gasteiger partial charge in [0.05, 0.1) is 29.1 Å². The summed E-state index contributed by atoms with van der Waals surface area (Å²) in [5.74, 6) is 0.728. The van der Waals surface area contributed by atoms with E-state index in [0.29, 0.717) is 16.7 Å². The highest BCUT2D eigenvalue weighted by Crippen LogP contribution is 2.41. The Bertz CT molecular complexity index is 669. The fourth-order valence-electron chi connectivity index (χ4n) is 2.68. The van der Waals surface area contributed by atoms with Crippen LogP contribution in [0.4, 0.5) is 5.69 Å². The van der Waals surface area contributed by atoms with Crippen molar-refractivity contribution < 1.29 is 4.74 Å². The Morgan fingerprint density at radius 2 is 2.24 bits per heavy atom. The first-order valence-electron chi connectivity index (χ1n) is 6.99. The first-order valence-corrected chi connectivity index (χ1v) is 7.75. The molecule has 0 spiro atoms. The number of benzene rings is 1. The quantitative estimate of drug-likeness (QED) is 0.918. The summed E-state index contributed by atoms with van der Waals surface area (Å²) in [5.41, 5.74) is 3.11. The molecule has 1 N–H and O–H groups in total. The maximum Gasteiger partial charge on any atom is 0.143 e. The summed E-state index contributed by atoms with van der Waals surface area (Å²) >= 11 is 12.4. The number of halogens is 2. The van der Waals surface area contributed by atoms with Crippen molar-refractivity contribution in [3.05, 3.63) is 39.6 Å². The predicted molar refractivity (Wildman–Crippen MR) is 85.5 cm³/mol. The van der Waals surface area contributed by atoms with Gasteiger partial charge in [0, 0.05) is 30.3 Å². The summed E-state index contributed by atoms with van der Waals surface area (Å²) in [4.78, 5) is 0. The zero-order valence-electron chi connectivity index (χ0n) is 12.0. The van der Waals surface area contributed by atoms with E-state index in [1.54, 1.807) is 6.07 Å². The van der Waals surface area contributed by atoms with Crippen LogP contribution in [0.5, 0.6) is 5.75 Å². The molecule has 0 fully saturated rings. The monoisotopic (exact) mass is 325 g/mol. The van der Waals surface area contributed by atoms with Gasteiger partial charge in [0.25, 0.3) is 0 Å². The first kappa shape index (κ1) is 14.5. The van der Waals surface area contributed by atoms with Crippen molar-refractivity contribution in [2.45, 2.75) is 25.8 Å². The fourth-order valence-corrected chi connectivity index (χ4v) is 3.24. The zero-order chi connectivity index (χ0) is 15.0. The maximum atomic E-state index is 6.22. The number of aryl methyl sites for hydroxylation is 2. The molecule has 1 aliphatic heterocycles. The molecule has 112 valence electrons. The number of fused-ring (bicyclic) bond motifs is 1. The average molecular weight is 326 g/mol. The first-order chi connectivity index (χ1) is 10.1. The molecule has 0 aliphatic carbocycles. The third-order valence-corrected chi connectivity index (χ3v) is 4.13. The highest BCUT2D eigenvalue weighted by Gasteiger charge is 2.25.